The van der Waals surface area contributed by atoms with Gasteiger partial charge in [0.25, 0.3) is 0 Å². The molecule has 0 saturated carbocycles. The molecule has 1 aliphatic heterocycles. The van der Waals surface area contributed by atoms with Crippen molar-refractivity contribution in [2.45, 2.75) is 25.9 Å². The Morgan fingerprint density at radius 1 is 1.44 bits per heavy atom. The molecule has 3 heterocycles. The average molecular weight is 380 g/mol. The van der Waals surface area contributed by atoms with Gasteiger partial charge in [-0.2, -0.15) is 11.8 Å². The molecular weight excluding hydrogens is 360 g/mol. The SMILES string of the molecule is CC(=O)NCc1ccc(-c2csc(NC(=O)CC3CSCCN3)n2)o1. The lowest BCUT2D eigenvalue weighted by molar-refractivity contribution is -0.119. The summed E-state index contributed by atoms with van der Waals surface area (Å²) in [5.74, 6) is 3.18. The number of furan rings is 1. The van der Waals surface area contributed by atoms with Crippen molar-refractivity contribution >= 4 is 40.0 Å². The normalized spacial score (nSPS) is 17.2. The predicted molar refractivity (Wildman–Crippen MR) is 99.7 cm³/mol. The zero-order chi connectivity index (χ0) is 17.6. The maximum absolute atomic E-state index is 12.1. The van der Waals surface area contributed by atoms with Crippen LogP contribution in [0.5, 0.6) is 0 Å². The van der Waals surface area contributed by atoms with Crippen LogP contribution in [0.15, 0.2) is 21.9 Å². The fourth-order valence-electron chi connectivity index (χ4n) is 2.41. The van der Waals surface area contributed by atoms with E-state index in [4.69, 9.17) is 4.42 Å². The number of thiazole rings is 1. The van der Waals surface area contributed by atoms with Crippen molar-refractivity contribution in [3.63, 3.8) is 0 Å². The molecule has 25 heavy (non-hydrogen) atoms. The third kappa shape index (κ3) is 5.32. The van der Waals surface area contributed by atoms with Crippen molar-refractivity contribution in [3.8, 4) is 11.5 Å². The Balaban J connectivity index is 1.54. The Hall–Kier alpha value is -1.84. The molecule has 1 fully saturated rings. The zero-order valence-electron chi connectivity index (χ0n) is 13.8. The van der Waals surface area contributed by atoms with E-state index in [1.165, 1.54) is 18.3 Å². The smallest absolute Gasteiger partial charge is 0.227 e. The molecule has 1 saturated heterocycles. The fraction of sp³-hybridized carbons (Fsp3) is 0.438. The van der Waals surface area contributed by atoms with E-state index in [1.807, 2.05) is 17.1 Å². The van der Waals surface area contributed by atoms with Crippen molar-refractivity contribution in [3.05, 3.63) is 23.3 Å². The monoisotopic (exact) mass is 380 g/mol. The van der Waals surface area contributed by atoms with Crippen molar-refractivity contribution in [1.29, 1.82) is 0 Å². The van der Waals surface area contributed by atoms with Gasteiger partial charge < -0.3 is 20.4 Å². The Kier molecular flexibility index (Phi) is 6.11. The van der Waals surface area contributed by atoms with Gasteiger partial charge in [0.1, 0.15) is 11.5 Å². The zero-order valence-corrected chi connectivity index (χ0v) is 15.5. The lowest BCUT2D eigenvalue weighted by Crippen LogP contribution is -2.39. The van der Waals surface area contributed by atoms with Crippen LogP contribution in [-0.2, 0) is 16.1 Å². The summed E-state index contributed by atoms with van der Waals surface area (Å²) in [6, 6.07) is 3.83. The van der Waals surface area contributed by atoms with E-state index >= 15 is 0 Å². The minimum atomic E-state index is -0.109. The molecule has 2 amide bonds. The second kappa shape index (κ2) is 8.50. The molecule has 1 atom stereocenters. The van der Waals surface area contributed by atoms with Gasteiger partial charge in [-0.05, 0) is 12.1 Å². The number of nitrogens with zero attached hydrogens (tertiary/aromatic N) is 1. The average Bonchev–Trinajstić information content (AvgIpc) is 3.23. The summed E-state index contributed by atoms with van der Waals surface area (Å²) in [5, 5.41) is 11.3. The maximum atomic E-state index is 12.1. The molecule has 2 aromatic heterocycles. The molecular formula is C16H20N4O3S2. The summed E-state index contributed by atoms with van der Waals surface area (Å²) in [5.41, 5.74) is 0.667. The molecule has 1 aliphatic rings. The summed E-state index contributed by atoms with van der Waals surface area (Å²) < 4.78 is 5.66. The van der Waals surface area contributed by atoms with Gasteiger partial charge in [0.15, 0.2) is 10.9 Å². The Labute approximate surface area is 154 Å². The second-order valence-corrected chi connectivity index (χ2v) is 7.70. The van der Waals surface area contributed by atoms with Gasteiger partial charge in [0.05, 0.1) is 6.54 Å². The third-order valence-electron chi connectivity index (χ3n) is 3.61. The molecule has 2 aromatic rings. The molecule has 1 unspecified atom stereocenters. The topological polar surface area (TPSA) is 96.3 Å². The van der Waals surface area contributed by atoms with Gasteiger partial charge in [-0.25, -0.2) is 4.98 Å². The predicted octanol–water partition coefficient (Wildman–Crippen LogP) is 2.07. The minimum Gasteiger partial charge on any atom is -0.458 e. The first-order valence-corrected chi connectivity index (χ1v) is 10.0. The molecule has 134 valence electrons. The minimum absolute atomic E-state index is 0.0355. The lowest BCUT2D eigenvalue weighted by Gasteiger charge is -2.22. The van der Waals surface area contributed by atoms with Crippen molar-refractivity contribution < 1.29 is 14.0 Å². The van der Waals surface area contributed by atoms with E-state index in [0.29, 0.717) is 35.3 Å². The van der Waals surface area contributed by atoms with Crippen LogP contribution in [0.3, 0.4) is 0 Å². The van der Waals surface area contributed by atoms with Crippen molar-refractivity contribution in [2.75, 3.05) is 23.4 Å². The molecule has 0 spiro atoms. The molecule has 3 N–H and O–H groups in total. The Morgan fingerprint density at radius 3 is 3.08 bits per heavy atom. The van der Waals surface area contributed by atoms with E-state index in [-0.39, 0.29) is 17.9 Å². The van der Waals surface area contributed by atoms with E-state index in [0.717, 1.165) is 18.1 Å². The highest BCUT2D eigenvalue weighted by Crippen LogP contribution is 2.26. The van der Waals surface area contributed by atoms with Gasteiger partial charge in [-0.1, -0.05) is 0 Å². The van der Waals surface area contributed by atoms with Crippen LogP contribution in [0.2, 0.25) is 0 Å². The lowest BCUT2D eigenvalue weighted by atomic mass is 10.2. The first kappa shape index (κ1) is 18.0. The van der Waals surface area contributed by atoms with Gasteiger partial charge in [-0.3, -0.25) is 9.59 Å². The van der Waals surface area contributed by atoms with Crippen LogP contribution in [0, 0.1) is 0 Å². The number of anilines is 1. The summed E-state index contributed by atoms with van der Waals surface area (Å²) in [4.78, 5) is 27.5. The van der Waals surface area contributed by atoms with Crippen molar-refractivity contribution in [1.82, 2.24) is 15.6 Å². The highest BCUT2D eigenvalue weighted by molar-refractivity contribution is 7.99. The van der Waals surface area contributed by atoms with E-state index in [1.54, 1.807) is 12.1 Å². The van der Waals surface area contributed by atoms with Crippen molar-refractivity contribution in [2.24, 2.45) is 0 Å². The number of nitrogens with one attached hydrogen (secondary N) is 3. The number of carbonyl (C=O) groups is 2. The van der Waals surface area contributed by atoms with Crippen LogP contribution >= 0.6 is 23.1 Å². The van der Waals surface area contributed by atoms with Crippen LogP contribution < -0.4 is 16.0 Å². The first-order chi connectivity index (χ1) is 12.1. The van der Waals surface area contributed by atoms with Gasteiger partial charge in [-0.15, -0.1) is 11.3 Å². The third-order valence-corrected chi connectivity index (χ3v) is 5.50. The molecule has 0 bridgehead atoms. The highest BCUT2D eigenvalue weighted by Gasteiger charge is 2.18. The number of hydrogen-bond donors (Lipinski definition) is 3. The Morgan fingerprint density at radius 2 is 2.32 bits per heavy atom. The van der Waals surface area contributed by atoms with Gasteiger partial charge in [0.2, 0.25) is 11.8 Å². The van der Waals surface area contributed by atoms with E-state index in [2.05, 4.69) is 20.9 Å². The highest BCUT2D eigenvalue weighted by atomic mass is 32.2. The molecule has 0 aliphatic carbocycles. The van der Waals surface area contributed by atoms with Crippen LogP contribution in [-0.4, -0.2) is 40.9 Å². The largest absolute Gasteiger partial charge is 0.458 e. The molecule has 0 radical (unpaired) electrons. The van der Waals surface area contributed by atoms with Crippen LogP contribution in [0.4, 0.5) is 5.13 Å². The molecule has 9 heteroatoms. The molecule has 7 nitrogen and oxygen atoms in total. The van der Waals surface area contributed by atoms with Gasteiger partial charge in [0, 0.05) is 42.8 Å². The number of amides is 2. The number of aromatic nitrogens is 1. The van der Waals surface area contributed by atoms with Gasteiger partial charge >= 0.3 is 0 Å². The standard InChI is InChI=1S/C16H20N4O3S2/c1-10(21)18-7-12-2-3-14(23-12)13-9-25-16(19-13)20-15(22)6-11-8-24-5-4-17-11/h2-3,9,11,17H,4-8H2,1H3,(H,18,21)(H,19,20,22). The second-order valence-electron chi connectivity index (χ2n) is 5.69. The number of rotatable bonds is 6. The van der Waals surface area contributed by atoms with E-state index in [9.17, 15) is 9.59 Å². The summed E-state index contributed by atoms with van der Waals surface area (Å²) in [6.45, 7) is 2.75. The molecule has 3 rings (SSSR count). The summed E-state index contributed by atoms with van der Waals surface area (Å²) in [7, 11) is 0. The fourth-order valence-corrected chi connectivity index (χ4v) is 4.08. The van der Waals surface area contributed by atoms with E-state index < -0.39 is 0 Å². The quantitative estimate of drug-likeness (QED) is 0.710. The maximum Gasteiger partial charge on any atom is 0.227 e. The number of thioether (sulfide) groups is 1. The summed E-state index contributed by atoms with van der Waals surface area (Å²) >= 11 is 3.23. The van der Waals surface area contributed by atoms with Crippen LogP contribution in [0.1, 0.15) is 19.1 Å². The first-order valence-electron chi connectivity index (χ1n) is 8.00. The number of carbonyl (C=O) groups excluding carboxylic acids is 2. The van der Waals surface area contributed by atoms with Crippen LogP contribution in [0.25, 0.3) is 11.5 Å². The number of hydrogen-bond acceptors (Lipinski definition) is 7. The Bertz CT molecular complexity index is 737. The molecule has 0 aromatic carbocycles. The summed E-state index contributed by atoms with van der Waals surface area (Å²) in [6.07, 6.45) is 0.448.